The third-order valence-corrected chi connectivity index (χ3v) is 4.05. The van der Waals surface area contributed by atoms with Gasteiger partial charge in [0.05, 0.1) is 5.56 Å². The number of aromatic nitrogens is 2. The lowest BCUT2D eigenvalue weighted by Crippen LogP contribution is -2.44. The molecule has 2 rings (SSSR count). The first kappa shape index (κ1) is 14.3. The van der Waals surface area contributed by atoms with Crippen LogP contribution in [-0.2, 0) is 0 Å². The third kappa shape index (κ3) is 2.77. The van der Waals surface area contributed by atoms with Crippen molar-refractivity contribution >= 4 is 11.6 Å². The zero-order chi connectivity index (χ0) is 14.2. The predicted molar refractivity (Wildman–Crippen MR) is 76.2 cm³/mol. The molecule has 0 radical (unpaired) electrons. The SMILES string of the molecule is CC(C)c1c(Cl)[nH]c(=O)n(C2CCN(C)CC2)c1=O. The van der Waals surface area contributed by atoms with E-state index in [1.54, 1.807) is 0 Å². The highest BCUT2D eigenvalue weighted by molar-refractivity contribution is 6.30. The molecule has 1 aromatic heterocycles. The molecule has 0 saturated carbocycles. The summed E-state index contributed by atoms with van der Waals surface area (Å²) in [5, 5.41) is 0.175. The molecule has 0 spiro atoms. The van der Waals surface area contributed by atoms with Crippen molar-refractivity contribution in [2.45, 2.75) is 38.6 Å². The van der Waals surface area contributed by atoms with E-state index >= 15 is 0 Å². The molecule has 1 N–H and O–H groups in total. The van der Waals surface area contributed by atoms with Crippen LogP contribution in [0.3, 0.4) is 0 Å². The second-order valence-electron chi connectivity index (χ2n) is 5.52. The highest BCUT2D eigenvalue weighted by Crippen LogP contribution is 2.21. The normalized spacial score (nSPS) is 18.2. The molecule has 0 bridgehead atoms. The van der Waals surface area contributed by atoms with Crippen molar-refractivity contribution < 1.29 is 0 Å². The molecule has 2 heterocycles. The van der Waals surface area contributed by atoms with Gasteiger partial charge in [0.1, 0.15) is 5.15 Å². The predicted octanol–water partition coefficient (Wildman–Crippen LogP) is 1.58. The molecule has 1 aliphatic rings. The Morgan fingerprint density at radius 3 is 2.37 bits per heavy atom. The van der Waals surface area contributed by atoms with Gasteiger partial charge in [-0.25, -0.2) is 4.79 Å². The summed E-state index contributed by atoms with van der Waals surface area (Å²) in [4.78, 5) is 29.3. The van der Waals surface area contributed by atoms with Crippen LogP contribution in [0.4, 0.5) is 0 Å². The number of likely N-dealkylation sites (tertiary alicyclic amines) is 1. The summed E-state index contributed by atoms with van der Waals surface area (Å²) in [6.45, 7) is 5.60. The number of piperidine rings is 1. The minimum absolute atomic E-state index is 0.00522. The number of nitrogens with one attached hydrogen (secondary N) is 1. The van der Waals surface area contributed by atoms with E-state index < -0.39 is 5.69 Å². The minimum Gasteiger partial charge on any atom is -0.306 e. The molecule has 1 aromatic rings. The fourth-order valence-electron chi connectivity index (χ4n) is 2.62. The Kier molecular flexibility index (Phi) is 4.16. The number of hydrogen-bond donors (Lipinski definition) is 1. The van der Waals surface area contributed by atoms with E-state index in [0.717, 1.165) is 25.9 Å². The van der Waals surface area contributed by atoms with Gasteiger partial charge in [-0.15, -0.1) is 0 Å². The maximum atomic E-state index is 12.5. The molecule has 0 unspecified atom stereocenters. The van der Waals surface area contributed by atoms with Gasteiger partial charge < -0.3 is 4.90 Å². The van der Waals surface area contributed by atoms with Gasteiger partial charge in [0.25, 0.3) is 5.56 Å². The lowest BCUT2D eigenvalue weighted by Gasteiger charge is -2.30. The summed E-state index contributed by atoms with van der Waals surface area (Å²) in [6, 6.07) is -0.0257. The minimum atomic E-state index is -0.394. The molecule has 19 heavy (non-hydrogen) atoms. The molecule has 0 aromatic carbocycles. The molecule has 5 nitrogen and oxygen atoms in total. The fourth-order valence-corrected chi connectivity index (χ4v) is 3.00. The van der Waals surface area contributed by atoms with Crippen molar-refractivity contribution in [3.05, 3.63) is 31.6 Å². The van der Waals surface area contributed by atoms with Gasteiger partial charge >= 0.3 is 5.69 Å². The summed E-state index contributed by atoms with van der Waals surface area (Å²) >= 11 is 5.99. The monoisotopic (exact) mass is 285 g/mol. The second-order valence-corrected chi connectivity index (χ2v) is 5.90. The molecule has 0 aliphatic carbocycles. The lowest BCUT2D eigenvalue weighted by atomic mass is 10.0. The fraction of sp³-hybridized carbons (Fsp3) is 0.692. The Hall–Kier alpha value is -1.07. The quantitative estimate of drug-likeness (QED) is 0.840. The molecule has 0 atom stereocenters. The van der Waals surface area contributed by atoms with Crippen molar-refractivity contribution in [2.24, 2.45) is 0 Å². The smallest absolute Gasteiger partial charge is 0.306 e. The van der Waals surface area contributed by atoms with E-state index in [0.29, 0.717) is 5.56 Å². The van der Waals surface area contributed by atoms with Crippen LogP contribution < -0.4 is 11.2 Å². The van der Waals surface area contributed by atoms with E-state index in [1.165, 1.54) is 4.57 Å². The maximum absolute atomic E-state index is 12.5. The van der Waals surface area contributed by atoms with Crippen LogP contribution in [-0.4, -0.2) is 34.6 Å². The first-order valence-corrected chi connectivity index (χ1v) is 7.02. The Balaban J connectivity index is 2.49. The van der Waals surface area contributed by atoms with Crippen LogP contribution in [0, 0.1) is 0 Å². The molecule has 1 fully saturated rings. The number of hydrogen-bond acceptors (Lipinski definition) is 3. The van der Waals surface area contributed by atoms with Crippen molar-refractivity contribution in [1.82, 2.24) is 14.5 Å². The van der Waals surface area contributed by atoms with Gasteiger partial charge in [-0.1, -0.05) is 25.4 Å². The van der Waals surface area contributed by atoms with Crippen LogP contribution >= 0.6 is 11.6 Å². The number of halogens is 1. The zero-order valence-electron chi connectivity index (χ0n) is 11.6. The molecule has 1 saturated heterocycles. The lowest BCUT2D eigenvalue weighted by molar-refractivity contribution is 0.215. The Labute approximate surface area is 117 Å². The van der Waals surface area contributed by atoms with Crippen molar-refractivity contribution in [3.8, 4) is 0 Å². The van der Waals surface area contributed by atoms with Crippen LogP contribution in [0.5, 0.6) is 0 Å². The summed E-state index contributed by atoms with van der Waals surface area (Å²) in [7, 11) is 2.05. The highest BCUT2D eigenvalue weighted by Gasteiger charge is 2.24. The molecule has 106 valence electrons. The average molecular weight is 286 g/mol. The van der Waals surface area contributed by atoms with Gasteiger partial charge in [0.15, 0.2) is 0 Å². The van der Waals surface area contributed by atoms with E-state index in [-0.39, 0.29) is 22.7 Å². The van der Waals surface area contributed by atoms with Crippen molar-refractivity contribution in [2.75, 3.05) is 20.1 Å². The van der Waals surface area contributed by atoms with Gasteiger partial charge in [0.2, 0.25) is 0 Å². The van der Waals surface area contributed by atoms with E-state index in [2.05, 4.69) is 9.88 Å². The van der Waals surface area contributed by atoms with Crippen LogP contribution in [0.1, 0.15) is 44.2 Å². The number of H-pyrrole nitrogens is 1. The van der Waals surface area contributed by atoms with Gasteiger partial charge in [-0.05, 0) is 38.9 Å². The molecule has 6 heteroatoms. The largest absolute Gasteiger partial charge is 0.329 e. The topological polar surface area (TPSA) is 58.1 Å². The summed E-state index contributed by atoms with van der Waals surface area (Å²) in [5.74, 6) is -0.00522. The molecular formula is C13H20ClN3O2. The van der Waals surface area contributed by atoms with Gasteiger partial charge in [0, 0.05) is 6.04 Å². The van der Waals surface area contributed by atoms with E-state index in [9.17, 15) is 9.59 Å². The standard InChI is InChI=1S/C13H20ClN3O2/c1-8(2)10-11(14)15-13(19)17(12(10)18)9-4-6-16(3)7-5-9/h8-9H,4-7H2,1-3H3,(H,15,19). The van der Waals surface area contributed by atoms with E-state index in [1.807, 2.05) is 20.9 Å². The number of rotatable bonds is 2. The highest BCUT2D eigenvalue weighted by atomic mass is 35.5. The van der Waals surface area contributed by atoms with Crippen LogP contribution in [0.2, 0.25) is 5.15 Å². The van der Waals surface area contributed by atoms with Crippen LogP contribution in [0.15, 0.2) is 9.59 Å². The number of nitrogens with zero attached hydrogens (tertiary/aromatic N) is 2. The van der Waals surface area contributed by atoms with E-state index in [4.69, 9.17) is 11.6 Å². The first-order valence-electron chi connectivity index (χ1n) is 6.64. The third-order valence-electron chi connectivity index (χ3n) is 3.75. The summed E-state index contributed by atoms with van der Waals surface area (Å²) < 4.78 is 1.36. The first-order chi connectivity index (χ1) is 8.91. The molecule has 0 amide bonds. The Morgan fingerprint density at radius 1 is 1.26 bits per heavy atom. The number of aromatic amines is 1. The second kappa shape index (κ2) is 5.51. The Bertz CT molecular complexity index is 568. The summed E-state index contributed by atoms with van der Waals surface area (Å²) in [5.41, 5.74) is -0.132. The van der Waals surface area contributed by atoms with Crippen molar-refractivity contribution in [1.29, 1.82) is 0 Å². The Morgan fingerprint density at radius 2 is 1.84 bits per heavy atom. The molecular weight excluding hydrogens is 266 g/mol. The van der Waals surface area contributed by atoms with Gasteiger partial charge in [-0.3, -0.25) is 14.3 Å². The van der Waals surface area contributed by atoms with Crippen molar-refractivity contribution in [3.63, 3.8) is 0 Å². The average Bonchev–Trinajstić information content (AvgIpc) is 2.30. The molecule has 1 aliphatic heterocycles. The zero-order valence-corrected chi connectivity index (χ0v) is 12.3. The maximum Gasteiger partial charge on any atom is 0.329 e. The van der Waals surface area contributed by atoms with Gasteiger partial charge in [-0.2, -0.15) is 0 Å². The van der Waals surface area contributed by atoms with Crippen LogP contribution in [0.25, 0.3) is 0 Å². The summed E-state index contributed by atoms with van der Waals surface area (Å²) in [6.07, 6.45) is 1.64.